The van der Waals surface area contributed by atoms with E-state index in [0.717, 1.165) is 44.8 Å². The van der Waals surface area contributed by atoms with Crippen LogP contribution in [0.4, 0.5) is 0 Å². The van der Waals surface area contributed by atoms with E-state index in [-0.39, 0.29) is 11.8 Å². The second-order valence-corrected chi connectivity index (χ2v) is 6.44. The van der Waals surface area contributed by atoms with Crippen molar-refractivity contribution in [2.45, 2.75) is 33.2 Å². The first-order chi connectivity index (χ1) is 10.6. The SMILES string of the molecule is CC(C)COc1cccc(CN2CCCC(C(=O)NN)C2)c1. The molecule has 0 bridgehead atoms. The number of nitrogens with zero attached hydrogens (tertiary/aromatic N) is 1. The van der Waals surface area contributed by atoms with E-state index in [2.05, 4.69) is 36.3 Å². The van der Waals surface area contributed by atoms with Crippen molar-refractivity contribution in [1.29, 1.82) is 0 Å². The summed E-state index contributed by atoms with van der Waals surface area (Å²) in [5.41, 5.74) is 3.49. The van der Waals surface area contributed by atoms with Crippen LogP contribution < -0.4 is 16.0 Å². The highest BCUT2D eigenvalue weighted by Gasteiger charge is 2.25. The maximum atomic E-state index is 11.7. The second kappa shape index (κ2) is 8.15. The van der Waals surface area contributed by atoms with Gasteiger partial charge < -0.3 is 4.74 Å². The summed E-state index contributed by atoms with van der Waals surface area (Å²) in [4.78, 5) is 14.0. The zero-order valence-corrected chi connectivity index (χ0v) is 13.5. The first-order valence-electron chi connectivity index (χ1n) is 8.03. The molecular weight excluding hydrogens is 278 g/mol. The van der Waals surface area contributed by atoms with Crippen LogP contribution in [0, 0.1) is 11.8 Å². The van der Waals surface area contributed by atoms with Crippen molar-refractivity contribution in [1.82, 2.24) is 10.3 Å². The molecule has 0 aliphatic carbocycles. The normalized spacial score (nSPS) is 19.2. The number of carbonyl (C=O) groups is 1. The molecule has 1 aliphatic rings. The number of carbonyl (C=O) groups excluding carboxylic acids is 1. The molecule has 1 heterocycles. The maximum absolute atomic E-state index is 11.7. The summed E-state index contributed by atoms with van der Waals surface area (Å²) >= 11 is 0. The molecule has 1 aromatic carbocycles. The Labute approximate surface area is 132 Å². The van der Waals surface area contributed by atoms with E-state index in [1.807, 2.05) is 12.1 Å². The quantitative estimate of drug-likeness (QED) is 0.479. The van der Waals surface area contributed by atoms with Gasteiger partial charge in [-0.15, -0.1) is 0 Å². The summed E-state index contributed by atoms with van der Waals surface area (Å²) < 4.78 is 5.77. The summed E-state index contributed by atoms with van der Waals surface area (Å²) in [6, 6.07) is 8.22. The number of benzene rings is 1. The lowest BCUT2D eigenvalue weighted by Crippen LogP contribution is -2.44. The average Bonchev–Trinajstić information content (AvgIpc) is 2.53. The maximum Gasteiger partial charge on any atom is 0.238 e. The molecule has 1 atom stereocenters. The Morgan fingerprint density at radius 3 is 3.05 bits per heavy atom. The molecule has 1 unspecified atom stereocenters. The highest BCUT2D eigenvalue weighted by atomic mass is 16.5. The molecule has 0 radical (unpaired) electrons. The van der Waals surface area contributed by atoms with E-state index in [0.29, 0.717) is 5.92 Å². The minimum Gasteiger partial charge on any atom is -0.493 e. The molecule has 5 nitrogen and oxygen atoms in total. The largest absolute Gasteiger partial charge is 0.493 e. The van der Waals surface area contributed by atoms with Crippen LogP contribution in [0.2, 0.25) is 0 Å². The van der Waals surface area contributed by atoms with Crippen molar-refractivity contribution < 1.29 is 9.53 Å². The van der Waals surface area contributed by atoms with E-state index in [1.165, 1.54) is 5.56 Å². The molecular formula is C17H27N3O2. The molecule has 0 aromatic heterocycles. The van der Waals surface area contributed by atoms with Gasteiger partial charge in [0.1, 0.15) is 5.75 Å². The average molecular weight is 305 g/mol. The Morgan fingerprint density at radius 2 is 2.32 bits per heavy atom. The highest BCUT2D eigenvalue weighted by molar-refractivity contribution is 5.78. The third kappa shape index (κ3) is 5.00. The summed E-state index contributed by atoms with van der Waals surface area (Å²) in [5, 5.41) is 0. The van der Waals surface area contributed by atoms with Crippen molar-refractivity contribution in [3.63, 3.8) is 0 Å². The summed E-state index contributed by atoms with van der Waals surface area (Å²) in [7, 11) is 0. The zero-order valence-electron chi connectivity index (χ0n) is 13.5. The van der Waals surface area contributed by atoms with Gasteiger partial charge in [0.05, 0.1) is 12.5 Å². The molecule has 5 heteroatoms. The van der Waals surface area contributed by atoms with E-state index in [1.54, 1.807) is 0 Å². The topological polar surface area (TPSA) is 67.6 Å². The number of rotatable bonds is 6. The predicted molar refractivity (Wildman–Crippen MR) is 87.1 cm³/mol. The van der Waals surface area contributed by atoms with Gasteiger partial charge in [-0.2, -0.15) is 0 Å². The second-order valence-electron chi connectivity index (χ2n) is 6.44. The molecule has 1 fully saturated rings. The molecule has 3 N–H and O–H groups in total. The number of piperidine rings is 1. The van der Waals surface area contributed by atoms with Gasteiger partial charge in [-0.3, -0.25) is 15.1 Å². The molecule has 1 saturated heterocycles. The first kappa shape index (κ1) is 16.8. The number of nitrogens with one attached hydrogen (secondary N) is 1. The van der Waals surface area contributed by atoms with Crippen LogP contribution in [0.1, 0.15) is 32.3 Å². The molecule has 2 rings (SSSR count). The Kier molecular flexibility index (Phi) is 6.21. The Balaban J connectivity index is 1.92. The number of hydrogen-bond acceptors (Lipinski definition) is 4. The Bertz CT molecular complexity index is 491. The summed E-state index contributed by atoms with van der Waals surface area (Å²) in [6.07, 6.45) is 1.94. The standard InChI is InChI=1S/C17H27N3O2/c1-13(2)12-22-16-7-3-5-14(9-16)10-20-8-4-6-15(11-20)17(21)19-18/h3,5,7,9,13,15H,4,6,8,10-12,18H2,1-2H3,(H,19,21). The fourth-order valence-electron chi connectivity index (χ4n) is 2.79. The Hall–Kier alpha value is -1.59. The van der Waals surface area contributed by atoms with Crippen molar-refractivity contribution in [3.05, 3.63) is 29.8 Å². The fourth-order valence-corrected chi connectivity index (χ4v) is 2.79. The van der Waals surface area contributed by atoms with Gasteiger partial charge in [-0.1, -0.05) is 26.0 Å². The number of amides is 1. The third-order valence-electron chi connectivity index (χ3n) is 3.91. The van der Waals surface area contributed by atoms with Crippen LogP contribution in [0.5, 0.6) is 5.75 Å². The minimum absolute atomic E-state index is 0.000811. The lowest BCUT2D eigenvalue weighted by Gasteiger charge is -2.31. The van der Waals surface area contributed by atoms with Gasteiger partial charge in [-0.25, -0.2) is 5.84 Å². The first-order valence-corrected chi connectivity index (χ1v) is 8.03. The molecule has 1 aromatic rings. The number of nitrogens with two attached hydrogens (primary N) is 1. The Morgan fingerprint density at radius 1 is 1.50 bits per heavy atom. The van der Waals surface area contributed by atoms with E-state index >= 15 is 0 Å². The lowest BCUT2D eigenvalue weighted by atomic mass is 9.97. The summed E-state index contributed by atoms with van der Waals surface area (Å²) in [5.74, 6) is 6.62. The van der Waals surface area contributed by atoms with Crippen LogP contribution in [-0.4, -0.2) is 30.5 Å². The van der Waals surface area contributed by atoms with Crippen LogP contribution in [0.15, 0.2) is 24.3 Å². The van der Waals surface area contributed by atoms with Crippen molar-refractivity contribution in [3.8, 4) is 5.75 Å². The number of ether oxygens (including phenoxy) is 1. The zero-order chi connectivity index (χ0) is 15.9. The van der Waals surface area contributed by atoms with Crippen LogP contribution in [0.25, 0.3) is 0 Å². The summed E-state index contributed by atoms with van der Waals surface area (Å²) in [6.45, 7) is 7.63. The molecule has 0 saturated carbocycles. The smallest absolute Gasteiger partial charge is 0.238 e. The van der Waals surface area contributed by atoms with Gasteiger partial charge in [0.2, 0.25) is 5.91 Å². The third-order valence-corrected chi connectivity index (χ3v) is 3.91. The molecule has 0 spiro atoms. The van der Waals surface area contributed by atoms with Gasteiger partial charge in [0, 0.05) is 13.1 Å². The van der Waals surface area contributed by atoms with Crippen LogP contribution >= 0.6 is 0 Å². The lowest BCUT2D eigenvalue weighted by molar-refractivity contribution is -0.126. The van der Waals surface area contributed by atoms with Crippen LogP contribution in [-0.2, 0) is 11.3 Å². The van der Waals surface area contributed by atoms with Crippen molar-refractivity contribution in [2.75, 3.05) is 19.7 Å². The molecule has 1 amide bonds. The molecule has 22 heavy (non-hydrogen) atoms. The fraction of sp³-hybridized carbons (Fsp3) is 0.588. The monoisotopic (exact) mass is 305 g/mol. The van der Waals surface area contributed by atoms with Crippen LogP contribution in [0.3, 0.4) is 0 Å². The van der Waals surface area contributed by atoms with Gasteiger partial charge in [-0.05, 0) is 43.0 Å². The van der Waals surface area contributed by atoms with Gasteiger partial charge in [0.25, 0.3) is 0 Å². The number of hydrogen-bond donors (Lipinski definition) is 2. The molecule has 1 aliphatic heterocycles. The van der Waals surface area contributed by atoms with E-state index in [9.17, 15) is 4.79 Å². The predicted octanol–water partition coefficient (Wildman–Crippen LogP) is 1.92. The molecule has 122 valence electrons. The van der Waals surface area contributed by atoms with Gasteiger partial charge in [0.15, 0.2) is 0 Å². The number of hydrazine groups is 1. The van der Waals surface area contributed by atoms with Crippen molar-refractivity contribution in [2.24, 2.45) is 17.7 Å². The minimum atomic E-state index is -0.0567. The van der Waals surface area contributed by atoms with Gasteiger partial charge >= 0.3 is 0 Å². The number of likely N-dealkylation sites (tertiary alicyclic amines) is 1. The highest BCUT2D eigenvalue weighted by Crippen LogP contribution is 2.21. The van der Waals surface area contributed by atoms with Crippen molar-refractivity contribution >= 4 is 5.91 Å². The van der Waals surface area contributed by atoms with E-state index in [4.69, 9.17) is 10.6 Å². The van der Waals surface area contributed by atoms with E-state index < -0.39 is 0 Å².